The van der Waals surface area contributed by atoms with Crippen molar-refractivity contribution in [2.45, 2.75) is 38.9 Å². The molecule has 2 rings (SSSR count). The van der Waals surface area contributed by atoms with E-state index < -0.39 is 17.9 Å². The number of nitrogens with one attached hydrogen (secondary N) is 1. The minimum atomic E-state index is -0.622. The third-order valence-electron chi connectivity index (χ3n) is 3.50. The fourth-order valence-corrected chi connectivity index (χ4v) is 2.42. The number of halogens is 2. The number of nitrogens with zero attached hydrogens (tertiary/aromatic N) is 1. The van der Waals surface area contributed by atoms with Gasteiger partial charge in [-0.25, -0.2) is 4.39 Å². The van der Waals surface area contributed by atoms with Crippen LogP contribution in [-0.2, 0) is 16.1 Å². The van der Waals surface area contributed by atoms with Gasteiger partial charge in [0.2, 0.25) is 11.8 Å². The highest BCUT2D eigenvalue weighted by Gasteiger charge is 2.37. The molecule has 1 aromatic rings. The second kappa shape index (κ2) is 5.79. The lowest BCUT2D eigenvalue weighted by atomic mass is 10.0. The Morgan fingerprint density at radius 3 is 2.75 bits per heavy atom. The lowest BCUT2D eigenvalue weighted by Gasteiger charge is -2.37. The van der Waals surface area contributed by atoms with Gasteiger partial charge in [0, 0.05) is 17.1 Å². The zero-order valence-electron chi connectivity index (χ0n) is 11.3. The van der Waals surface area contributed by atoms with Crippen LogP contribution in [0.4, 0.5) is 4.39 Å². The van der Waals surface area contributed by atoms with Crippen LogP contribution in [0.15, 0.2) is 18.2 Å². The molecule has 0 aromatic heterocycles. The first kappa shape index (κ1) is 14.8. The van der Waals surface area contributed by atoms with Crippen LogP contribution in [0.25, 0.3) is 0 Å². The minimum Gasteiger partial charge on any atom is -0.343 e. The maximum atomic E-state index is 13.8. The highest BCUT2D eigenvalue weighted by atomic mass is 35.5. The number of amides is 2. The van der Waals surface area contributed by atoms with Gasteiger partial charge < -0.3 is 10.2 Å². The van der Waals surface area contributed by atoms with E-state index in [1.54, 1.807) is 6.92 Å². The van der Waals surface area contributed by atoms with Crippen LogP contribution in [0.3, 0.4) is 0 Å². The van der Waals surface area contributed by atoms with Crippen LogP contribution in [0.1, 0.15) is 25.8 Å². The quantitative estimate of drug-likeness (QED) is 0.929. The van der Waals surface area contributed by atoms with E-state index in [1.807, 2.05) is 6.92 Å². The second-order valence-corrected chi connectivity index (χ2v) is 5.28. The van der Waals surface area contributed by atoms with Gasteiger partial charge in [0.05, 0.1) is 0 Å². The minimum absolute atomic E-state index is 0.0380. The molecule has 108 valence electrons. The smallest absolute Gasteiger partial charge is 0.246 e. The van der Waals surface area contributed by atoms with E-state index in [4.69, 9.17) is 11.6 Å². The van der Waals surface area contributed by atoms with Gasteiger partial charge in [-0.2, -0.15) is 0 Å². The second-order valence-electron chi connectivity index (χ2n) is 4.85. The molecule has 0 bridgehead atoms. The topological polar surface area (TPSA) is 49.4 Å². The Morgan fingerprint density at radius 2 is 2.10 bits per heavy atom. The van der Waals surface area contributed by atoms with Gasteiger partial charge >= 0.3 is 0 Å². The first-order valence-electron chi connectivity index (χ1n) is 6.48. The summed E-state index contributed by atoms with van der Waals surface area (Å²) in [6.07, 6.45) is 0.506. The van der Waals surface area contributed by atoms with Crippen molar-refractivity contribution in [1.82, 2.24) is 10.2 Å². The van der Waals surface area contributed by atoms with Gasteiger partial charge in [-0.05, 0) is 31.5 Å². The Morgan fingerprint density at radius 1 is 1.40 bits per heavy atom. The molecule has 1 saturated heterocycles. The highest BCUT2D eigenvalue weighted by Crippen LogP contribution is 2.20. The standard InChI is InChI=1S/C14H16ClFN2O2/c1-3-12-14(20)18(8(2)13(19)17-12)7-9-6-10(15)4-5-11(9)16/h4-6,8,12H,3,7H2,1-2H3,(H,17,19). The summed E-state index contributed by atoms with van der Waals surface area (Å²) in [7, 11) is 0. The van der Waals surface area contributed by atoms with E-state index in [0.717, 1.165) is 0 Å². The van der Waals surface area contributed by atoms with Crippen molar-refractivity contribution in [3.05, 3.63) is 34.6 Å². The number of benzene rings is 1. The summed E-state index contributed by atoms with van der Waals surface area (Å²) in [5.41, 5.74) is 0.308. The molecule has 0 radical (unpaired) electrons. The summed E-state index contributed by atoms with van der Waals surface area (Å²) in [5, 5.41) is 3.06. The van der Waals surface area contributed by atoms with Gasteiger partial charge in [0.1, 0.15) is 17.9 Å². The molecule has 1 N–H and O–H groups in total. The SMILES string of the molecule is CCC1NC(=O)C(C)N(Cc2cc(Cl)ccc2F)C1=O. The maximum Gasteiger partial charge on any atom is 0.246 e. The largest absolute Gasteiger partial charge is 0.343 e. The van der Waals surface area contributed by atoms with Crippen molar-refractivity contribution in [1.29, 1.82) is 0 Å². The van der Waals surface area contributed by atoms with E-state index in [9.17, 15) is 14.0 Å². The monoisotopic (exact) mass is 298 g/mol. The number of carbonyl (C=O) groups is 2. The molecule has 1 heterocycles. The Balaban J connectivity index is 2.27. The number of hydrogen-bond donors (Lipinski definition) is 1. The molecule has 2 amide bonds. The summed E-state index contributed by atoms with van der Waals surface area (Å²) < 4.78 is 13.8. The molecular weight excluding hydrogens is 283 g/mol. The van der Waals surface area contributed by atoms with Gasteiger partial charge in [-0.3, -0.25) is 9.59 Å². The predicted molar refractivity (Wildman–Crippen MR) is 73.6 cm³/mol. The molecule has 1 fully saturated rings. The summed E-state index contributed by atoms with van der Waals surface area (Å²) in [6.45, 7) is 3.48. The number of hydrogen-bond acceptors (Lipinski definition) is 2. The van der Waals surface area contributed by atoms with Gasteiger partial charge in [-0.1, -0.05) is 18.5 Å². The molecule has 0 saturated carbocycles. The van der Waals surface area contributed by atoms with Crippen LogP contribution >= 0.6 is 11.6 Å². The Kier molecular flexibility index (Phi) is 4.28. The molecule has 2 atom stereocenters. The molecule has 1 aliphatic rings. The van der Waals surface area contributed by atoms with Crippen LogP contribution < -0.4 is 5.32 Å². The van der Waals surface area contributed by atoms with Crippen molar-refractivity contribution in [3.8, 4) is 0 Å². The van der Waals surface area contributed by atoms with Gasteiger partial charge in [0.25, 0.3) is 0 Å². The average Bonchev–Trinajstić information content (AvgIpc) is 2.42. The first-order chi connectivity index (χ1) is 9.43. The lowest BCUT2D eigenvalue weighted by molar-refractivity contribution is -0.149. The van der Waals surface area contributed by atoms with E-state index in [2.05, 4.69) is 5.32 Å². The van der Waals surface area contributed by atoms with Crippen LogP contribution in [0.5, 0.6) is 0 Å². The molecule has 0 aliphatic carbocycles. The molecule has 1 aliphatic heterocycles. The van der Waals surface area contributed by atoms with E-state index in [-0.39, 0.29) is 18.4 Å². The summed E-state index contributed by atoms with van der Waals surface area (Å²) in [5.74, 6) is -0.855. The molecule has 2 unspecified atom stereocenters. The Labute approximate surface area is 121 Å². The zero-order chi connectivity index (χ0) is 14.9. The summed E-state index contributed by atoms with van der Waals surface area (Å²) in [4.78, 5) is 25.5. The zero-order valence-corrected chi connectivity index (χ0v) is 12.1. The molecule has 0 spiro atoms. The first-order valence-corrected chi connectivity index (χ1v) is 6.86. The fraction of sp³-hybridized carbons (Fsp3) is 0.429. The number of piperazine rings is 1. The average molecular weight is 299 g/mol. The molecule has 6 heteroatoms. The number of carbonyl (C=O) groups excluding carboxylic acids is 2. The van der Waals surface area contributed by atoms with Crippen molar-refractivity contribution < 1.29 is 14.0 Å². The van der Waals surface area contributed by atoms with E-state index >= 15 is 0 Å². The summed E-state index contributed by atoms with van der Waals surface area (Å²) in [6, 6.07) is 3.02. The number of rotatable bonds is 3. The van der Waals surface area contributed by atoms with Crippen LogP contribution in [0, 0.1) is 5.82 Å². The van der Waals surface area contributed by atoms with E-state index in [1.165, 1.54) is 23.1 Å². The summed E-state index contributed by atoms with van der Waals surface area (Å²) >= 11 is 5.84. The van der Waals surface area contributed by atoms with Crippen LogP contribution in [0.2, 0.25) is 5.02 Å². The molecule has 4 nitrogen and oxygen atoms in total. The van der Waals surface area contributed by atoms with Crippen LogP contribution in [-0.4, -0.2) is 28.8 Å². The predicted octanol–water partition coefficient (Wildman–Crippen LogP) is 2.10. The molecule has 1 aromatic carbocycles. The van der Waals surface area contributed by atoms with E-state index in [0.29, 0.717) is 17.0 Å². The fourth-order valence-electron chi connectivity index (χ4n) is 2.23. The Bertz CT molecular complexity index is 550. The van der Waals surface area contributed by atoms with Gasteiger partial charge in [-0.15, -0.1) is 0 Å². The third-order valence-corrected chi connectivity index (χ3v) is 3.74. The van der Waals surface area contributed by atoms with Crippen molar-refractivity contribution in [2.24, 2.45) is 0 Å². The van der Waals surface area contributed by atoms with Gasteiger partial charge in [0.15, 0.2) is 0 Å². The lowest BCUT2D eigenvalue weighted by Crippen LogP contribution is -2.61. The highest BCUT2D eigenvalue weighted by molar-refractivity contribution is 6.30. The molecular formula is C14H16ClFN2O2. The normalized spacial score (nSPS) is 22.9. The maximum absolute atomic E-state index is 13.8. The molecule has 20 heavy (non-hydrogen) atoms. The Hall–Kier alpha value is -1.62. The van der Waals surface area contributed by atoms with Crippen molar-refractivity contribution >= 4 is 23.4 Å². The third kappa shape index (κ3) is 2.77. The van der Waals surface area contributed by atoms with Crippen molar-refractivity contribution in [3.63, 3.8) is 0 Å². The van der Waals surface area contributed by atoms with Crippen molar-refractivity contribution in [2.75, 3.05) is 0 Å².